The number of carbonyl (C=O) groups excluding carboxylic acids is 2. The zero-order chi connectivity index (χ0) is 54.1. The van der Waals surface area contributed by atoms with Crippen LogP contribution in [0.25, 0.3) is 10.8 Å². The highest BCUT2D eigenvalue weighted by Gasteiger charge is 2.36. The van der Waals surface area contributed by atoms with E-state index >= 15 is 0 Å². The molecule has 3 saturated heterocycles. The van der Waals surface area contributed by atoms with Gasteiger partial charge in [0.2, 0.25) is 5.91 Å². The number of ether oxygens (including phenoxy) is 1. The number of unbranched alkanes of at least 4 members (excludes halogenated alkanes) is 3. The van der Waals surface area contributed by atoms with Gasteiger partial charge in [-0.25, -0.2) is 4.39 Å². The summed E-state index contributed by atoms with van der Waals surface area (Å²) in [6.45, 7) is 9.95. The molecule has 0 bridgehead atoms. The van der Waals surface area contributed by atoms with E-state index in [4.69, 9.17) is 26.3 Å². The van der Waals surface area contributed by atoms with Crippen molar-refractivity contribution in [2.24, 2.45) is 0 Å². The molecule has 5 heterocycles. The van der Waals surface area contributed by atoms with Crippen molar-refractivity contribution in [3.8, 4) is 12.1 Å². The summed E-state index contributed by atoms with van der Waals surface area (Å²) in [5.74, 6) is -4.37. The van der Waals surface area contributed by atoms with Gasteiger partial charge in [0.15, 0.2) is 5.83 Å². The molecule has 2 atom stereocenters. The fraction of sp³-hybridized carbons (Fsp3) is 0.585. The molecule has 3 fully saturated rings. The van der Waals surface area contributed by atoms with E-state index in [1.165, 1.54) is 4.90 Å². The molecule has 0 radical (unpaired) electrons. The third-order valence-corrected chi connectivity index (χ3v) is 15.1. The predicted octanol–water partition coefficient (Wildman–Crippen LogP) is 3.26. The number of nitriles is 1. The lowest BCUT2D eigenvalue weighted by Crippen LogP contribution is -2.55. The number of piperazine rings is 1. The molecule has 412 valence electrons. The summed E-state index contributed by atoms with van der Waals surface area (Å²) in [6.07, 6.45) is 6.29. The maximum absolute atomic E-state index is 14.1. The standard InChI is InChI=1S/C53H72ClFN12O9/c1-38(55)52(75)67-30-29-66(31-40(67)14-16-56)51-42-15-20-65(45-13-7-10-39-9-6-12-43(54)50(39)45)32-44(42)58-53(59-51)76-37-41-11-8-19-64(41)18-5-3-2-4-17-57-46(68)33-60-21-23-61(34-47(69)70)25-27-63(36-49(73)74)28-26-62(24-22-60)35-48(71)72/h6-7,9-10,12-13,40-41H,1-5,8,11,14-15,17-37H2,(H,57,68)(H,69,70)(H,71,72)(H,73,74)/t40-,41-/m0/s1. The van der Waals surface area contributed by atoms with Gasteiger partial charge in [0.25, 0.3) is 5.91 Å². The van der Waals surface area contributed by atoms with Crippen molar-refractivity contribution < 1.29 is 48.4 Å². The Balaban J connectivity index is 0.916. The molecule has 3 aromatic rings. The van der Waals surface area contributed by atoms with Crippen LogP contribution in [0.3, 0.4) is 0 Å². The number of carboxylic acids is 3. The third kappa shape index (κ3) is 16.4. The second-order valence-electron chi connectivity index (χ2n) is 20.1. The second kappa shape index (κ2) is 28.2. The van der Waals surface area contributed by atoms with Gasteiger partial charge in [-0.05, 0) is 62.7 Å². The number of carboxylic acid groups (broad SMARTS) is 3. The Morgan fingerprint density at radius 2 is 1.38 bits per heavy atom. The van der Waals surface area contributed by atoms with E-state index in [1.807, 2.05) is 35.2 Å². The maximum Gasteiger partial charge on any atom is 0.318 e. The van der Waals surface area contributed by atoms with Crippen LogP contribution in [0.2, 0.25) is 5.02 Å². The first-order chi connectivity index (χ1) is 36.6. The first-order valence-electron chi connectivity index (χ1n) is 26.4. The first kappa shape index (κ1) is 57.5. The second-order valence-corrected chi connectivity index (χ2v) is 20.5. The molecular weight excluding hydrogens is 1000 g/mol. The number of amides is 2. The number of halogens is 2. The SMILES string of the molecule is C=C(F)C(=O)N1CCN(c2nc(OC[C@@H]3CCCN3CCCCCCNC(=O)CN3CCN(CC(=O)O)CCN(CC(=O)O)CCN(CC(=O)O)CC3)nc3c2CCN(c2cccc4cccc(Cl)c24)C3)C[C@@H]1CC#N. The summed E-state index contributed by atoms with van der Waals surface area (Å²) in [6, 6.07) is 14.0. The number of hydrogen-bond donors (Lipinski definition) is 4. The Kier molecular flexibility index (Phi) is 21.4. The van der Waals surface area contributed by atoms with Crippen LogP contribution in [0.15, 0.2) is 48.8 Å². The molecule has 0 spiro atoms. The molecule has 4 aliphatic heterocycles. The number of nitrogens with zero attached hydrogens (tertiary/aromatic N) is 11. The molecule has 21 nitrogen and oxygen atoms in total. The van der Waals surface area contributed by atoms with Gasteiger partial charge in [-0.2, -0.15) is 15.2 Å². The number of nitrogens with one attached hydrogen (secondary N) is 1. The number of aliphatic carboxylic acids is 3. The molecule has 76 heavy (non-hydrogen) atoms. The summed E-state index contributed by atoms with van der Waals surface area (Å²) in [7, 11) is 0. The van der Waals surface area contributed by atoms with Gasteiger partial charge in [0, 0.05) is 108 Å². The third-order valence-electron chi connectivity index (χ3n) is 14.8. The lowest BCUT2D eigenvalue weighted by Gasteiger charge is -2.42. The Bertz CT molecular complexity index is 2540. The van der Waals surface area contributed by atoms with E-state index in [1.54, 1.807) is 14.7 Å². The van der Waals surface area contributed by atoms with E-state index in [0.717, 1.165) is 79.3 Å². The molecule has 4 N–H and O–H groups in total. The maximum atomic E-state index is 14.1. The van der Waals surface area contributed by atoms with Gasteiger partial charge in [0.05, 0.1) is 62.0 Å². The number of aromatic nitrogens is 2. The number of likely N-dealkylation sites (tertiary alicyclic amines) is 1. The summed E-state index contributed by atoms with van der Waals surface area (Å²) in [5.41, 5.74) is 2.79. The molecule has 4 aliphatic rings. The number of fused-ring (bicyclic) bond motifs is 2. The van der Waals surface area contributed by atoms with Crippen LogP contribution in [0.5, 0.6) is 6.01 Å². The van der Waals surface area contributed by atoms with Crippen LogP contribution in [-0.4, -0.2) is 227 Å². The van der Waals surface area contributed by atoms with E-state index in [0.29, 0.717) is 102 Å². The highest BCUT2D eigenvalue weighted by atomic mass is 35.5. The fourth-order valence-corrected chi connectivity index (χ4v) is 11.1. The molecular formula is C53H72ClFN12O9. The summed E-state index contributed by atoms with van der Waals surface area (Å²) >= 11 is 6.78. The van der Waals surface area contributed by atoms with Gasteiger partial charge in [-0.3, -0.25) is 48.5 Å². The normalized spacial score (nSPS) is 19.8. The largest absolute Gasteiger partial charge is 0.480 e. The van der Waals surface area contributed by atoms with Gasteiger partial charge < -0.3 is 40.1 Å². The van der Waals surface area contributed by atoms with E-state index in [2.05, 4.69) is 38.7 Å². The molecule has 0 saturated carbocycles. The van der Waals surface area contributed by atoms with Crippen LogP contribution in [0.4, 0.5) is 15.9 Å². The minimum atomic E-state index is -1.06. The van der Waals surface area contributed by atoms with Crippen molar-refractivity contribution in [3.63, 3.8) is 0 Å². The Morgan fingerprint density at radius 3 is 2.00 bits per heavy atom. The minimum Gasteiger partial charge on any atom is -0.480 e. The Labute approximate surface area is 448 Å². The van der Waals surface area contributed by atoms with Crippen molar-refractivity contribution in [3.05, 3.63) is 65.1 Å². The summed E-state index contributed by atoms with van der Waals surface area (Å²) in [4.78, 5) is 86.1. The molecule has 0 aliphatic carbocycles. The Hall–Kier alpha value is -6.22. The number of benzene rings is 2. The average molecular weight is 1080 g/mol. The number of anilines is 2. The summed E-state index contributed by atoms with van der Waals surface area (Å²) in [5, 5.41) is 43.9. The van der Waals surface area contributed by atoms with Crippen LogP contribution < -0.4 is 19.9 Å². The smallest absolute Gasteiger partial charge is 0.318 e. The van der Waals surface area contributed by atoms with Crippen molar-refractivity contribution >= 4 is 63.6 Å². The minimum absolute atomic E-state index is 0.0225. The van der Waals surface area contributed by atoms with E-state index in [-0.39, 0.29) is 63.6 Å². The monoisotopic (exact) mass is 1070 g/mol. The zero-order valence-corrected chi connectivity index (χ0v) is 44.1. The van der Waals surface area contributed by atoms with Crippen molar-refractivity contribution in [1.29, 1.82) is 5.26 Å². The van der Waals surface area contributed by atoms with E-state index in [9.17, 15) is 48.9 Å². The molecule has 2 aromatic carbocycles. The number of carbonyl (C=O) groups is 5. The topological polar surface area (TPSA) is 243 Å². The van der Waals surface area contributed by atoms with Crippen molar-refractivity contribution in [2.75, 3.05) is 141 Å². The molecule has 1 aromatic heterocycles. The first-order valence-corrected chi connectivity index (χ1v) is 26.8. The summed E-state index contributed by atoms with van der Waals surface area (Å²) < 4.78 is 20.6. The van der Waals surface area contributed by atoms with Crippen LogP contribution in [0, 0.1) is 11.3 Å². The van der Waals surface area contributed by atoms with Gasteiger partial charge in [-0.15, -0.1) is 0 Å². The molecule has 2 amide bonds. The van der Waals surface area contributed by atoms with Crippen LogP contribution in [-0.2, 0) is 36.9 Å². The molecule has 23 heteroatoms. The zero-order valence-electron chi connectivity index (χ0n) is 43.3. The highest BCUT2D eigenvalue weighted by molar-refractivity contribution is 6.36. The van der Waals surface area contributed by atoms with Crippen LogP contribution in [0.1, 0.15) is 56.2 Å². The Morgan fingerprint density at radius 1 is 0.763 bits per heavy atom. The van der Waals surface area contributed by atoms with Crippen molar-refractivity contribution in [2.45, 2.75) is 70.0 Å². The molecule has 7 rings (SSSR count). The number of rotatable bonds is 22. The average Bonchev–Trinajstić information content (AvgIpc) is 3.85. The van der Waals surface area contributed by atoms with Crippen LogP contribution >= 0.6 is 11.6 Å². The lowest BCUT2D eigenvalue weighted by molar-refractivity contribution is -0.140. The number of hydrogen-bond acceptors (Lipinski definition) is 16. The van der Waals surface area contributed by atoms with Gasteiger partial charge in [-0.1, -0.05) is 55.3 Å². The lowest BCUT2D eigenvalue weighted by atomic mass is 10.0. The van der Waals surface area contributed by atoms with Crippen molar-refractivity contribution in [1.82, 2.24) is 44.7 Å². The molecule has 0 unspecified atom stereocenters. The van der Waals surface area contributed by atoms with Gasteiger partial charge >= 0.3 is 23.9 Å². The fourth-order valence-electron chi connectivity index (χ4n) is 10.8. The predicted molar refractivity (Wildman–Crippen MR) is 284 cm³/mol. The van der Waals surface area contributed by atoms with Gasteiger partial charge in [0.1, 0.15) is 12.4 Å². The van der Waals surface area contributed by atoms with E-state index < -0.39 is 35.7 Å². The quantitative estimate of drug-likeness (QED) is 0.0834. The highest BCUT2D eigenvalue weighted by Crippen LogP contribution is 2.37.